The van der Waals surface area contributed by atoms with E-state index in [0.717, 1.165) is 5.56 Å². The number of rotatable bonds is 3. The molecule has 0 aliphatic heterocycles. The van der Waals surface area contributed by atoms with Crippen molar-refractivity contribution in [3.63, 3.8) is 0 Å². The molecule has 0 amide bonds. The van der Waals surface area contributed by atoms with E-state index >= 15 is 0 Å². The lowest BCUT2D eigenvalue weighted by Gasteiger charge is -2.18. The summed E-state index contributed by atoms with van der Waals surface area (Å²) in [5, 5.41) is 10.6. The van der Waals surface area contributed by atoms with Gasteiger partial charge in [0, 0.05) is 0 Å². The van der Waals surface area contributed by atoms with Gasteiger partial charge in [-0.1, -0.05) is 36.4 Å². The SMILES string of the molecule is CC(=O)c1c(O)n(-c2ccccc2C)c(=S)n(-c2ccccc2)c1=O. The standard InChI is InChI=1S/C19H16N2O3S/c1-12-8-6-7-11-15(12)21-18(24)16(13(2)22)17(23)20(19(21)25)14-9-4-3-5-10-14/h3-11,24H,1-2H3. The van der Waals surface area contributed by atoms with Crippen LogP contribution in [-0.2, 0) is 0 Å². The van der Waals surface area contributed by atoms with Gasteiger partial charge in [0.05, 0.1) is 11.4 Å². The van der Waals surface area contributed by atoms with Crippen molar-refractivity contribution in [3.8, 4) is 17.3 Å². The van der Waals surface area contributed by atoms with Gasteiger partial charge in [0.1, 0.15) is 5.56 Å². The van der Waals surface area contributed by atoms with E-state index in [1.54, 1.807) is 36.4 Å². The third kappa shape index (κ3) is 2.81. The Hall–Kier alpha value is -2.99. The van der Waals surface area contributed by atoms with Crippen LogP contribution in [0.15, 0.2) is 59.4 Å². The minimum absolute atomic E-state index is 0.0907. The Kier molecular flexibility index (Phi) is 4.37. The number of Topliss-reactive ketones (excluding diaryl/α,β-unsaturated/α-hetero) is 1. The molecule has 2 aromatic carbocycles. The molecule has 5 nitrogen and oxygen atoms in total. The first-order chi connectivity index (χ1) is 11.9. The maximum Gasteiger partial charge on any atom is 0.273 e. The van der Waals surface area contributed by atoms with Gasteiger partial charge in [-0.15, -0.1) is 0 Å². The monoisotopic (exact) mass is 352 g/mol. The van der Waals surface area contributed by atoms with E-state index in [4.69, 9.17) is 12.2 Å². The predicted octanol–water partition coefficient (Wildman–Crippen LogP) is 3.57. The van der Waals surface area contributed by atoms with Gasteiger partial charge in [-0.25, -0.2) is 0 Å². The molecule has 0 unspecified atom stereocenters. The lowest BCUT2D eigenvalue weighted by atomic mass is 10.1. The largest absolute Gasteiger partial charge is 0.493 e. The molecule has 0 spiro atoms. The predicted molar refractivity (Wildman–Crippen MR) is 98.6 cm³/mol. The summed E-state index contributed by atoms with van der Waals surface area (Å²) in [7, 11) is 0. The number of aryl methyl sites for hydroxylation is 1. The first-order valence-corrected chi connectivity index (χ1v) is 8.07. The molecular formula is C19H16N2O3S. The van der Waals surface area contributed by atoms with Crippen molar-refractivity contribution in [2.24, 2.45) is 0 Å². The van der Waals surface area contributed by atoms with Crippen LogP contribution in [0.4, 0.5) is 0 Å². The van der Waals surface area contributed by atoms with E-state index in [0.29, 0.717) is 11.4 Å². The van der Waals surface area contributed by atoms with Crippen molar-refractivity contribution in [1.82, 2.24) is 9.13 Å². The number of aromatic nitrogens is 2. The topological polar surface area (TPSA) is 64.2 Å². The van der Waals surface area contributed by atoms with Crippen LogP contribution >= 0.6 is 12.2 Å². The van der Waals surface area contributed by atoms with Crippen LogP contribution in [0.3, 0.4) is 0 Å². The normalized spacial score (nSPS) is 10.6. The second-order valence-electron chi connectivity index (χ2n) is 5.64. The van der Waals surface area contributed by atoms with Gasteiger partial charge in [-0.3, -0.25) is 18.7 Å². The number of ketones is 1. The third-order valence-electron chi connectivity index (χ3n) is 3.96. The molecule has 0 saturated heterocycles. The zero-order chi connectivity index (χ0) is 18.1. The minimum atomic E-state index is -0.633. The number of hydrogen-bond acceptors (Lipinski definition) is 4. The van der Waals surface area contributed by atoms with E-state index in [-0.39, 0.29) is 10.3 Å². The molecule has 6 heteroatoms. The fourth-order valence-electron chi connectivity index (χ4n) is 2.74. The fraction of sp³-hybridized carbons (Fsp3) is 0.105. The number of aromatic hydroxyl groups is 1. The molecule has 3 aromatic rings. The highest BCUT2D eigenvalue weighted by atomic mass is 32.1. The van der Waals surface area contributed by atoms with Crippen LogP contribution < -0.4 is 5.56 Å². The zero-order valence-corrected chi connectivity index (χ0v) is 14.6. The summed E-state index contributed by atoms with van der Waals surface area (Å²) >= 11 is 5.49. The smallest absolute Gasteiger partial charge is 0.273 e. The Balaban J connectivity index is 2.51. The Bertz CT molecular complexity index is 1080. The molecule has 126 valence electrons. The van der Waals surface area contributed by atoms with Crippen LogP contribution in [0.25, 0.3) is 11.4 Å². The van der Waals surface area contributed by atoms with Crippen LogP contribution in [0.1, 0.15) is 22.8 Å². The lowest BCUT2D eigenvalue weighted by Crippen LogP contribution is -2.29. The second kappa shape index (κ2) is 6.49. The van der Waals surface area contributed by atoms with Crippen molar-refractivity contribution in [3.05, 3.63) is 80.8 Å². The van der Waals surface area contributed by atoms with Gasteiger partial charge in [-0.2, -0.15) is 0 Å². The summed E-state index contributed by atoms with van der Waals surface area (Å²) in [5.41, 5.74) is 1.06. The maximum atomic E-state index is 12.8. The Labute approximate surface area is 149 Å². The first-order valence-electron chi connectivity index (χ1n) is 7.67. The van der Waals surface area contributed by atoms with Crippen LogP contribution in [0, 0.1) is 11.7 Å². The number of hydrogen-bond donors (Lipinski definition) is 1. The number of carbonyl (C=O) groups excluding carboxylic acids is 1. The summed E-state index contributed by atoms with van der Waals surface area (Å²) in [4.78, 5) is 24.9. The number of nitrogens with zero attached hydrogens (tertiary/aromatic N) is 2. The van der Waals surface area contributed by atoms with E-state index in [1.807, 2.05) is 25.1 Å². The second-order valence-corrected chi connectivity index (χ2v) is 6.00. The van der Waals surface area contributed by atoms with Crippen LogP contribution in [-0.4, -0.2) is 20.0 Å². The van der Waals surface area contributed by atoms with Gasteiger partial charge in [0.15, 0.2) is 10.6 Å². The molecule has 0 bridgehead atoms. The van der Waals surface area contributed by atoms with E-state index in [2.05, 4.69) is 0 Å². The molecule has 0 fully saturated rings. The van der Waals surface area contributed by atoms with Crippen molar-refractivity contribution in [2.45, 2.75) is 13.8 Å². The van der Waals surface area contributed by atoms with E-state index in [1.165, 1.54) is 16.1 Å². The van der Waals surface area contributed by atoms with Gasteiger partial charge in [-0.05, 0) is 49.8 Å². The minimum Gasteiger partial charge on any atom is -0.493 e. The van der Waals surface area contributed by atoms with Crippen molar-refractivity contribution >= 4 is 18.0 Å². The molecule has 0 aliphatic carbocycles. The molecule has 25 heavy (non-hydrogen) atoms. The fourth-order valence-corrected chi connectivity index (χ4v) is 3.11. The first kappa shape index (κ1) is 16.9. The van der Waals surface area contributed by atoms with Crippen LogP contribution in [0.2, 0.25) is 0 Å². The van der Waals surface area contributed by atoms with E-state index < -0.39 is 17.2 Å². The summed E-state index contributed by atoms with van der Waals surface area (Å²) < 4.78 is 2.71. The quantitative estimate of drug-likeness (QED) is 0.578. The molecule has 1 heterocycles. The molecule has 1 N–H and O–H groups in total. The number of para-hydroxylation sites is 2. The molecule has 1 aromatic heterocycles. The van der Waals surface area contributed by atoms with Crippen molar-refractivity contribution in [1.29, 1.82) is 0 Å². The van der Waals surface area contributed by atoms with Gasteiger partial charge in [0.2, 0.25) is 5.88 Å². The molecule has 0 radical (unpaired) electrons. The average molecular weight is 352 g/mol. The van der Waals surface area contributed by atoms with Gasteiger partial charge >= 0.3 is 0 Å². The highest BCUT2D eigenvalue weighted by molar-refractivity contribution is 7.71. The lowest BCUT2D eigenvalue weighted by molar-refractivity contribution is 0.101. The molecule has 0 saturated carbocycles. The number of carbonyl (C=O) groups is 1. The average Bonchev–Trinajstić information content (AvgIpc) is 2.57. The van der Waals surface area contributed by atoms with Crippen molar-refractivity contribution in [2.75, 3.05) is 0 Å². The van der Waals surface area contributed by atoms with Crippen LogP contribution in [0.5, 0.6) is 5.88 Å². The Morgan fingerprint density at radius 1 is 1.00 bits per heavy atom. The highest BCUT2D eigenvalue weighted by Crippen LogP contribution is 2.24. The Morgan fingerprint density at radius 2 is 1.60 bits per heavy atom. The molecule has 0 aliphatic rings. The third-order valence-corrected chi connectivity index (χ3v) is 4.32. The number of benzene rings is 2. The van der Waals surface area contributed by atoms with Crippen molar-refractivity contribution < 1.29 is 9.90 Å². The molecule has 0 atom stereocenters. The van der Waals surface area contributed by atoms with Gasteiger partial charge < -0.3 is 5.11 Å². The zero-order valence-electron chi connectivity index (χ0n) is 13.8. The van der Waals surface area contributed by atoms with Gasteiger partial charge in [0.25, 0.3) is 5.56 Å². The Morgan fingerprint density at radius 3 is 2.20 bits per heavy atom. The van der Waals surface area contributed by atoms with E-state index in [9.17, 15) is 14.7 Å². The summed E-state index contributed by atoms with van der Waals surface area (Å²) in [6.45, 7) is 3.11. The molecular weight excluding hydrogens is 336 g/mol. The summed E-state index contributed by atoms with van der Waals surface area (Å²) in [6.07, 6.45) is 0. The molecule has 3 rings (SSSR count). The highest BCUT2D eigenvalue weighted by Gasteiger charge is 2.22. The summed E-state index contributed by atoms with van der Waals surface area (Å²) in [6, 6.07) is 16.1. The summed E-state index contributed by atoms with van der Waals surface area (Å²) in [5.74, 6) is -0.964. The maximum absolute atomic E-state index is 12.8.